The summed E-state index contributed by atoms with van der Waals surface area (Å²) in [6, 6.07) is 78.7. The fourth-order valence-corrected chi connectivity index (χ4v) is 9.00. The van der Waals surface area contributed by atoms with E-state index in [1.54, 1.807) is 0 Å². The van der Waals surface area contributed by atoms with Crippen LogP contribution in [0.25, 0.3) is 117 Å². The molecular formula is C58H37N5. The monoisotopic (exact) mass is 803 g/mol. The van der Waals surface area contributed by atoms with E-state index in [4.69, 9.17) is 19.9 Å². The number of hydrogen-bond donors (Lipinski definition) is 0. The summed E-state index contributed by atoms with van der Waals surface area (Å²) in [6.07, 6.45) is 0. The number of para-hydroxylation sites is 2. The van der Waals surface area contributed by atoms with Crippen molar-refractivity contribution < 1.29 is 0 Å². The molecule has 0 aliphatic carbocycles. The third-order valence-electron chi connectivity index (χ3n) is 12.0. The number of fused-ring (bicyclic) bond motifs is 6. The van der Waals surface area contributed by atoms with Gasteiger partial charge in [0.2, 0.25) is 0 Å². The first-order valence-electron chi connectivity index (χ1n) is 21.2. The van der Waals surface area contributed by atoms with Crippen molar-refractivity contribution in [2.45, 2.75) is 0 Å². The van der Waals surface area contributed by atoms with Gasteiger partial charge in [0, 0.05) is 44.1 Å². The molecule has 3 aromatic heterocycles. The molecule has 0 saturated carbocycles. The largest absolute Gasteiger partial charge is 0.309 e. The molecule has 0 N–H and O–H groups in total. The molecule has 0 bridgehead atoms. The highest BCUT2D eigenvalue weighted by Gasteiger charge is 2.17. The Morgan fingerprint density at radius 1 is 0.302 bits per heavy atom. The van der Waals surface area contributed by atoms with Gasteiger partial charge in [0.15, 0.2) is 17.5 Å². The Morgan fingerprint density at radius 2 is 0.810 bits per heavy atom. The van der Waals surface area contributed by atoms with E-state index in [2.05, 4.69) is 193 Å². The summed E-state index contributed by atoms with van der Waals surface area (Å²) in [5.74, 6) is 1.86. The predicted molar refractivity (Wildman–Crippen MR) is 260 cm³/mol. The van der Waals surface area contributed by atoms with Gasteiger partial charge in [-0.2, -0.15) is 0 Å². The van der Waals surface area contributed by atoms with Gasteiger partial charge in [0.05, 0.1) is 22.2 Å². The molecule has 0 fully saturated rings. The van der Waals surface area contributed by atoms with Crippen molar-refractivity contribution in [3.05, 3.63) is 224 Å². The van der Waals surface area contributed by atoms with E-state index in [1.807, 2.05) is 36.4 Å². The van der Waals surface area contributed by atoms with E-state index >= 15 is 0 Å². The molecule has 12 aromatic rings. The zero-order valence-corrected chi connectivity index (χ0v) is 34.1. The Labute approximate surface area is 364 Å². The maximum atomic E-state index is 5.18. The number of rotatable bonds is 7. The SMILES string of the molecule is c1ccc(-c2cc(-c3ccccc3)c3c(ccc4cc(-c5cccc(-c6nc(-c7ccccc7)nc(-c7ccc(-n8c9ccccc9c9ccccc98)cc7)n6)c5)ccc43)n2)cc1. The fourth-order valence-electron chi connectivity index (χ4n) is 9.00. The van der Waals surface area contributed by atoms with Crippen LogP contribution in [0.4, 0.5) is 0 Å². The van der Waals surface area contributed by atoms with E-state index in [-0.39, 0.29) is 0 Å². The van der Waals surface area contributed by atoms with E-state index in [9.17, 15) is 0 Å². The first-order chi connectivity index (χ1) is 31.2. The molecule has 0 unspecified atom stereocenters. The number of aromatic nitrogens is 5. The highest BCUT2D eigenvalue weighted by atomic mass is 15.0. The number of hydrogen-bond acceptors (Lipinski definition) is 4. The zero-order chi connectivity index (χ0) is 41.7. The van der Waals surface area contributed by atoms with Crippen molar-refractivity contribution in [2.24, 2.45) is 0 Å². The lowest BCUT2D eigenvalue weighted by Crippen LogP contribution is -2.00. The van der Waals surface area contributed by atoms with Crippen molar-refractivity contribution in [1.29, 1.82) is 0 Å². The molecule has 294 valence electrons. The summed E-state index contributed by atoms with van der Waals surface area (Å²) in [5.41, 5.74) is 13.7. The lowest BCUT2D eigenvalue weighted by atomic mass is 9.93. The zero-order valence-electron chi connectivity index (χ0n) is 34.1. The maximum absolute atomic E-state index is 5.18. The van der Waals surface area contributed by atoms with Gasteiger partial charge in [-0.1, -0.05) is 164 Å². The molecule has 0 saturated heterocycles. The van der Waals surface area contributed by atoms with E-state index in [0.29, 0.717) is 17.5 Å². The van der Waals surface area contributed by atoms with Gasteiger partial charge in [0.25, 0.3) is 0 Å². The van der Waals surface area contributed by atoms with Crippen molar-refractivity contribution in [3.8, 4) is 73.4 Å². The Balaban J connectivity index is 0.942. The molecule has 63 heavy (non-hydrogen) atoms. The quantitative estimate of drug-likeness (QED) is 0.151. The van der Waals surface area contributed by atoms with Crippen LogP contribution in [0.5, 0.6) is 0 Å². The topological polar surface area (TPSA) is 56.5 Å². The van der Waals surface area contributed by atoms with Gasteiger partial charge < -0.3 is 4.57 Å². The van der Waals surface area contributed by atoms with E-state index in [1.165, 1.54) is 27.4 Å². The molecular weight excluding hydrogens is 767 g/mol. The molecule has 0 atom stereocenters. The van der Waals surface area contributed by atoms with Crippen molar-refractivity contribution >= 4 is 43.5 Å². The Bertz CT molecular complexity index is 3600. The van der Waals surface area contributed by atoms with Gasteiger partial charge >= 0.3 is 0 Å². The molecule has 12 rings (SSSR count). The second kappa shape index (κ2) is 15.2. The van der Waals surface area contributed by atoms with Crippen LogP contribution in [0, 0.1) is 0 Å². The van der Waals surface area contributed by atoms with Crippen LogP contribution in [-0.2, 0) is 0 Å². The van der Waals surface area contributed by atoms with Gasteiger partial charge in [0.1, 0.15) is 0 Å². The average molecular weight is 804 g/mol. The summed E-state index contributed by atoms with van der Waals surface area (Å²) in [6.45, 7) is 0. The second-order valence-corrected chi connectivity index (χ2v) is 15.9. The number of benzene rings is 9. The Kier molecular flexibility index (Phi) is 8.75. The molecule has 9 aromatic carbocycles. The number of pyridine rings is 1. The van der Waals surface area contributed by atoms with Gasteiger partial charge in [-0.25, -0.2) is 19.9 Å². The van der Waals surface area contributed by atoms with Crippen molar-refractivity contribution in [2.75, 3.05) is 0 Å². The minimum atomic E-state index is 0.617. The summed E-state index contributed by atoms with van der Waals surface area (Å²) >= 11 is 0. The summed E-state index contributed by atoms with van der Waals surface area (Å²) in [4.78, 5) is 20.5. The normalized spacial score (nSPS) is 11.5. The minimum Gasteiger partial charge on any atom is -0.309 e. The van der Waals surface area contributed by atoms with Gasteiger partial charge in [-0.05, 0) is 93.7 Å². The molecule has 5 heteroatoms. The molecule has 3 heterocycles. The maximum Gasteiger partial charge on any atom is 0.164 e. The molecule has 0 spiro atoms. The lowest BCUT2D eigenvalue weighted by molar-refractivity contribution is 1.07. The lowest BCUT2D eigenvalue weighted by Gasteiger charge is -2.14. The third-order valence-corrected chi connectivity index (χ3v) is 12.0. The standard InChI is InChI=1S/C58H37N5/c1-4-15-38(16-5-1)50-37-52(39-17-6-2-7-18-39)59-51-34-30-44-35-43(29-33-47(44)55(50)51)42-21-14-22-45(36-42)58-61-56(40-19-8-3-9-20-40)60-57(62-58)41-27-31-46(32-28-41)63-53-25-12-10-23-48(53)49-24-11-13-26-54(49)63/h1-37H. The Hall–Kier alpha value is -8.54. The first kappa shape index (κ1) is 36.3. The minimum absolute atomic E-state index is 0.617. The average Bonchev–Trinajstić information content (AvgIpc) is 3.71. The smallest absolute Gasteiger partial charge is 0.164 e. The predicted octanol–water partition coefficient (Wildman–Crippen LogP) is 14.7. The molecule has 5 nitrogen and oxygen atoms in total. The van der Waals surface area contributed by atoms with Crippen LogP contribution in [0.2, 0.25) is 0 Å². The van der Waals surface area contributed by atoms with E-state index < -0.39 is 0 Å². The van der Waals surface area contributed by atoms with Crippen molar-refractivity contribution in [1.82, 2.24) is 24.5 Å². The molecule has 0 radical (unpaired) electrons. The molecule has 0 amide bonds. The summed E-state index contributed by atoms with van der Waals surface area (Å²) in [7, 11) is 0. The van der Waals surface area contributed by atoms with Crippen LogP contribution in [0.15, 0.2) is 224 Å². The van der Waals surface area contributed by atoms with Gasteiger partial charge in [-0.15, -0.1) is 0 Å². The highest BCUT2D eigenvalue weighted by Crippen LogP contribution is 2.39. The summed E-state index contributed by atoms with van der Waals surface area (Å²) < 4.78 is 2.32. The third kappa shape index (κ3) is 6.51. The van der Waals surface area contributed by atoms with Crippen LogP contribution in [0.1, 0.15) is 0 Å². The first-order valence-corrected chi connectivity index (χ1v) is 21.2. The second-order valence-electron chi connectivity index (χ2n) is 15.9. The van der Waals surface area contributed by atoms with Crippen LogP contribution < -0.4 is 0 Å². The van der Waals surface area contributed by atoms with Crippen LogP contribution in [-0.4, -0.2) is 24.5 Å². The molecule has 0 aliphatic heterocycles. The van der Waals surface area contributed by atoms with Gasteiger partial charge in [-0.3, -0.25) is 0 Å². The van der Waals surface area contributed by atoms with Crippen LogP contribution in [0.3, 0.4) is 0 Å². The Morgan fingerprint density at radius 3 is 1.48 bits per heavy atom. The van der Waals surface area contributed by atoms with Crippen LogP contribution >= 0.6 is 0 Å². The highest BCUT2D eigenvalue weighted by molar-refractivity contribution is 6.14. The van der Waals surface area contributed by atoms with E-state index in [0.717, 1.165) is 72.0 Å². The fraction of sp³-hybridized carbons (Fsp3) is 0. The number of nitrogens with zero attached hydrogens (tertiary/aromatic N) is 5. The summed E-state index contributed by atoms with van der Waals surface area (Å²) in [5, 5.41) is 5.93. The molecule has 0 aliphatic rings. The van der Waals surface area contributed by atoms with Crippen molar-refractivity contribution in [3.63, 3.8) is 0 Å².